The molecule has 2 nitrogen and oxygen atoms in total. The highest BCUT2D eigenvalue weighted by Crippen LogP contribution is 2.49. The molecule has 0 aromatic rings. The van der Waals surface area contributed by atoms with Crippen molar-refractivity contribution in [3.8, 4) is 0 Å². The van der Waals surface area contributed by atoms with Crippen molar-refractivity contribution in [3.05, 3.63) is 0 Å². The van der Waals surface area contributed by atoms with E-state index in [0.29, 0.717) is 30.1 Å². The number of nitrogens with zero attached hydrogens (tertiary/aromatic N) is 1. The summed E-state index contributed by atoms with van der Waals surface area (Å²) in [5, 5.41) is 0.558. The Labute approximate surface area is 115 Å². The molecular weight excluding hydrogens is 304 g/mol. The average Bonchev–Trinajstić information content (AvgIpc) is 2.89. The summed E-state index contributed by atoms with van der Waals surface area (Å²) in [5.74, 6) is 1.84. The van der Waals surface area contributed by atoms with Crippen molar-refractivity contribution in [1.82, 2.24) is 4.90 Å². The predicted octanol–water partition coefficient (Wildman–Crippen LogP) is 3.30. The van der Waals surface area contributed by atoms with E-state index in [1.165, 1.54) is 24.2 Å². The lowest BCUT2D eigenvalue weighted by molar-refractivity contribution is -0.134. The Morgan fingerprint density at radius 3 is 2.61 bits per heavy atom. The van der Waals surface area contributed by atoms with Crippen LogP contribution < -0.4 is 0 Å². The molecule has 0 aliphatic heterocycles. The van der Waals surface area contributed by atoms with E-state index in [2.05, 4.69) is 15.9 Å². The zero-order valence-corrected chi connectivity index (χ0v) is 12.0. The number of hydrogen-bond donors (Lipinski definition) is 0. The lowest BCUT2D eigenvalue weighted by atomic mass is 9.86. The van der Waals surface area contributed by atoms with Crippen molar-refractivity contribution in [1.29, 1.82) is 0 Å². The highest BCUT2D eigenvalue weighted by Gasteiger charge is 2.40. The van der Waals surface area contributed by atoms with Crippen LogP contribution in [0.3, 0.4) is 0 Å². The molecule has 2 aliphatic carbocycles. The Morgan fingerprint density at radius 1 is 1.33 bits per heavy atom. The average molecular weight is 324 g/mol. The summed E-state index contributed by atoms with van der Waals surface area (Å²) in [6.07, 6.45) is 2.96. The first-order valence-electron chi connectivity index (χ1n) is 6.72. The maximum Gasteiger partial charge on any atom is 0.255 e. The molecular formula is C13H20BrF2NO. The number of carbonyl (C=O) groups excluding carboxylic acids is 1. The lowest BCUT2D eigenvalue weighted by Crippen LogP contribution is -2.38. The first-order valence-corrected chi connectivity index (χ1v) is 7.84. The predicted molar refractivity (Wildman–Crippen MR) is 69.9 cm³/mol. The molecule has 0 N–H and O–H groups in total. The van der Waals surface area contributed by atoms with Gasteiger partial charge in [-0.3, -0.25) is 4.79 Å². The molecule has 104 valence electrons. The maximum atomic E-state index is 12.4. The fraction of sp³-hybridized carbons (Fsp3) is 0.923. The summed E-state index contributed by atoms with van der Waals surface area (Å²) in [6.45, 7) is -0.0464. The summed E-state index contributed by atoms with van der Waals surface area (Å²) < 4.78 is 24.8. The molecule has 2 aliphatic rings. The third-order valence-electron chi connectivity index (χ3n) is 4.39. The smallest absolute Gasteiger partial charge is 0.255 e. The van der Waals surface area contributed by atoms with E-state index in [1.54, 1.807) is 0 Å². The van der Waals surface area contributed by atoms with Gasteiger partial charge in [0.05, 0.1) is 6.54 Å². The zero-order valence-electron chi connectivity index (χ0n) is 10.5. The number of halogens is 3. The summed E-state index contributed by atoms with van der Waals surface area (Å²) in [5.41, 5.74) is 0. The molecule has 0 saturated heterocycles. The van der Waals surface area contributed by atoms with Crippen LogP contribution in [-0.2, 0) is 4.79 Å². The van der Waals surface area contributed by atoms with Crippen LogP contribution in [0.5, 0.6) is 0 Å². The zero-order chi connectivity index (χ0) is 13.1. The van der Waals surface area contributed by atoms with Gasteiger partial charge in [-0.25, -0.2) is 8.78 Å². The van der Waals surface area contributed by atoms with Crippen molar-refractivity contribution in [2.75, 3.05) is 18.4 Å². The second kappa shape index (κ2) is 6.31. The van der Waals surface area contributed by atoms with Gasteiger partial charge in [0.1, 0.15) is 0 Å². The van der Waals surface area contributed by atoms with E-state index < -0.39 is 13.0 Å². The van der Waals surface area contributed by atoms with E-state index in [9.17, 15) is 13.6 Å². The monoisotopic (exact) mass is 323 g/mol. The van der Waals surface area contributed by atoms with Gasteiger partial charge >= 0.3 is 0 Å². The highest BCUT2D eigenvalue weighted by atomic mass is 79.9. The Kier molecular flexibility index (Phi) is 4.98. The Hall–Kier alpha value is -0.190. The number of carbonyl (C=O) groups is 1. The Bertz CT molecular complexity index is 301. The normalized spacial score (nSPS) is 30.1. The summed E-state index contributed by atoms with van der Waals surface area (Å²) >= 11 is 3.21. The molecule has 0 spiro atoms. The van der Waals surface area contributed by atoms with Crippen LogP contribution in [0.25, 0.3) is 0 Å². The molecule has 0 aromatic heterocycles. The number of rotatable bonds is 6. The molecule has 3 unspecified atom stereocenters. The number of fused-ring (bicyclic) bond motifs is 2. The van der Waals surface area contributed by atoms with Gasteiger partial charge in [0.2, 0.25) is 5.91 Å². The van der Waals surface area contributed by atoms with Gasteiger partial charge in [0, 0.05) is 18.3 Å². The van der Waals surface area contributed by atoms with E-state index in [-0.39, 0.29) is 5.91 Å². The first kappa shape index (κ1) is 14.2. The molecule has 0 heterocycles. The standard InChI is InChI=1S/C13H20BrF2NO/c14-3-4-17(8-12(15)16)13(18)7-11-6-9-1-2-10(11)5-9/h9-12H,1-8H2. The fourth-order valence-corrected chi connectivity index (χ4v) is 3.99. The van der Waals surface area contributed by atoms with E-state index >= 15 is 0 Å². The quantitative estimate of drug-likeness (QED) is 0.687. The van der Waals surface area contributed by atoms with E-state index in [4.69, 9.17) is 0 Å². The minimum absolute atomic E-state index is 0.0905. The first-order chi connectivity index (χ1) is 8.60. The van der Waals surface area contributed by atoms with Crippen LogP contribution >= 0.6 is 15.9 Å². The van der Waals surface area contributed by atoms with Crippen LogP contribution in [0.15, 0.2) is 0 Å². The van der Waals surface area contributed by atoms with Gasteiger partial charge in [-0.15, -0.1) is 0 Å². The Morgan fingerprint density at radius 2 is 2.11 bits per heavy atom. The largest absolute Gasteiger partial charge is 0.336 e. The third-order valence-corrected chi connectivity index (χ3v) is 4.74. The molecule has 2 fully saturated rings. The van der Waals surface area contributed by atoms with Crippen LogP contribution in [0.2, 0.25) is 0 Å². The molecule has 0 radical (unpaired) electrons. The lowest BCUT2D eigenvalue weighted by Gasteiger charge is -2.26. The van der Waals surface area contributed by atoms with Gasteiger partial charge < -0.3 is 4.90 Å². The van der Waals surface area contributed by atoms with E-state index in [1.807, 2.05) is 0 Å². The second-order valence-electron chi connectivity index (χ2n) is 5.56. The minimum atomic E-state index is -2.44. The van der Waals surface area contributed by atoms with Gasteiger partial charge in [-0.2, -0.15) is 0 Å². The van der Waals surface area contributed by atoms with Gasteiger partial charge in [-0.05, 0) is 37.0 Å². The topological polar surface area (TPSA) is 20.3 Å². The summed E-state index contributed by atoms with van der Waals surface area (Å²) in [7, 11) is 0. The van der Waals surface area contributed by atoms with Crippen molar-refractivity contribution >= 4 is 21.8 Å². The fourth-order valence-electron chi connectivity index (χ4n) is 3.57. The van der Waals surface area contributed by atoms with Crippen LogP contribution in [0, 0.1) is 17.8 Å². The minimum Gasteiger partial charge on any atom is -0.336 e. The van der Waals surface area contributed by atoms with Gasteiger partial charge in [0.25, 0.3) is 6.43 Å². The number of hydrogen-bond acceptors (Lipinski definition) is 1. The van der Waals surface area contributed by atoms with Crippen molar-refractivity contribution in [2.24, 2.45) is 17.8 Å². The molecule has 2 saturated carbocycles. The van der Waals surface area contributed by atoms with Crippen molar-refractivity contribution < 1.29 is 13.6 Å². The van der Waals surface area contributed by atoms with Crippen molar-refractivity contribution in [3.63, 3.8) is 0 Å². The molecule has 2 bridgehead atoms. The SMILES string of the molecule is O=C(CC1CC2CCC1C2)N(CCBr)CC(F)F. The van der Waals surface area contributed by atoms with Gasteiger partial charge in [0.15, 0.2) is 0 Å². The van der Waals surface area contributed by atoms with Crippen LogP contribution in [-0.4, -0.2) is 35.7 Å². The molecule has 2 rings (SSSR count). The summed E-state index contributed by atoms with van der Waals surface area (Å²) in [4.78, 5) is 13.4. The maximum absolute atomic E-state index is 12.4. The highest BCUT2D eigenvalue weighted by molar-refractivity contribution is 9.09. The molecule has 18 heavy (non-hydrogen) atoms. The van der Waals surface area contributed by atoms with E-state index in [0.717, 1.165) is 12.3 Å². The third kappa shape index (κ3) is 3.43. The molecule has 5 heteroatoms. The molecule has 0 aromatic carbocycles. The summed E-state index contributed by atoms with van der Waals surface area (Å²) in [6, 6.07) is 0. The number of alkyl halides is 3. The van der Waals surface area contributed by atoms with Crippen molar-refractivity contribution in [2.45, 2.75) is 38.5 Å². The number of amides is 1. The van der Waals surface area contributed by atoms with Crippen LogP contribution in [0.4, 0.5) is 8.78 Å². The molecule has 3 atom stereocenters. The molecule has 1 amide bonds. The van der Waals surface area contributed by atoms with Gasteiger partial charge in [-0.1, -0.05) is 22.4 Å². The van der Waals surface area contributed by atoms with Crippen LogP contribution in [0.1, 0.15) is 32.1 Å². The second-order valence-corrected chi connectivity index (χ2v) is 6.35. The Balaban J connectivity index is 1.84.